The average molecular weight is 316 g/mol. The van der Waals surface area contributed by atoms with Gasteiger partial charge in [0, 0.05) is 47.8 Å². The van der Waals surface area contributed by atoms with Gasteiger partial charge in [-0.05, 0) is 43.7 Å². The molecule has 2 rings (SSSR count). The molecule has 0 amide bonds. The summed E-state index contributed by atoms with van der Waals surface area (Å²) in [5.74, 6) is 0.833. The summed E-state index contributed by atoms with van der Waals surface area (Å²) in [6.45, 7) is 2.48. The second kappa shape index (κ2) is 5.80. The van der Waals surface area contributed by atoms with Gasteiger partial charge in [-0.15, -0.1) is 0 Å². The molecule has 0 bridgehead atoms. The molecule has 1 saturated heterocycles. The number of nitrogens with zero attached hydrogens (tertiary/aromatic N) is 2. The van der Waals surface area contributed by atoms with Crippen LogP contribution in [-0.2, 0) is 6.42 Å². The molecule has 1 fully saturated rings. The minimum Gasteiger partial charge on any atom is -0.261 e. The number of aromatic nitrogens is 1. The summed E-state index contributed by atoms with van der Waals surface area (Å²) in [5.41, 5.74) is 1.25. The Bertz CT molecular complexity index is 289. The Kier molecular flexibility index (Phi) is 4.38. The molecule has 0 spiro atoms. The predicted octanol–water partition coefficient (Wildman–Crippen LogP) is 3.08. The fourth-order valence-electron chi connectivity index (χ4n) is 2.15. The minimum absolute atomic E-state index is 0.833. The van der Waals surface area contributed by atoms with Crippen LogP contribution in [0.15, 0.2) is 24.4 Å². The zero-order valence-electron chi connectivity index (χ0n) is 8.90. The van der Waals surface area contributed by atoms with E-state index in [9.17, 15) is 0 Å². The van der Waals surface area contributed by atoms with Crippen molar-refractivity contribution in [1.29, 1.82) is 0 Å². The molecule has 82 valence electrons. The van der Waals surface area contributed by atoms with Crippen molar-refractivity contribution in [3.8, 4) is 0 Å². The highest BCUT2D eigenvalue weighted by molar-refractivity contribution is 14.1. The smallest absolute Gasteiger partial charge is 0.0406 e. The fraction of sp³-hybridized carbons (Fsp3) is 0.583. The normalized spacial score (nSPS) is 23.7. The van der Waals surface area contributed by atoms with E-state index in [-0.39, 0.29) is 0 Å². The summed E-state index contributed by atoms with van der Waals surface area (Å²) < 4.78 is 2.41. The lowest BCUT2D eigenvalue weighted by Crippen LogP contribution is -2.12. The molecule has 0 aliphatic carbocycles. The first-order chi connectivity index (χ1) is 7.34. The Hall–Kier alpha value is -0.160. The summed E-state index contributed by atoms with van der Waals surface area (Å²) in [7, 11) is 0. The van der Waals surface area contributed by atoms with E-state index in [0.29, 0.717) is 0 Å². The number of halogens is 1. The summed E-state index contributed by atoms with van der Waals surface area (Å²) in [4.78, 5) is 4.41. The van der Waals surface area contributed by atoms with Crippen LogP contribution in [-0.4, -0.2) is 21.2 Å². The lowest BCUT2D eigenvalue weighted by molar-refractivity contribution is 0.454. The molecule has 2 heterocycles. The first-order valence-electron chi connectivity index (χ1n) is 5.65. The van der Waals surface area contributed by atoms with Crippen LogP contribution in [0.2, 0.25) is 0 Å². The molecule has 0 aromatic carbocycles. The van der Waals surface area contributed by atoms with Gasteiger partial charge in [0.1, 0.15) is 0 Å². The van der Waals surface area contributed by atoms with Gasteiger partial charge in [-0.3, -0.25) is 4.98 Å². The van der Waals surface area contributed by atoms with E-state index >= 15 is 0 Å². The Morgan fingerprint density at radius 2 is 2.27 bits per heavy atom. The SMILES string of the molecule is IN1CCCC(Cc2ccccn2)CC1. The number of rotatable bonds is 2. The molecule has 1 atom stereocenters. The highest BCUT2D eigenvalue weighted by Crippen LogP contribution is 2.22. The number of hydrogen-bond donors (Lipinski definition) is 0. The standard InChI is InChI=1S/C12H17IN2/c13-15-8-3-4-11(6-9-15)10-12-5-1-2-7-14-12/h1-2,5,7,11H,3-4,6,8-10H2. The van der Waals surface area contributed by atoms with Crippen molar-refractivity contribution in [3.05, 3.63) is 30.1 Å². The first kappa shape index (κ1) is 11.3. The third kappa shape index (κ3) is 3.72. The van der Waals surface area contributed by atoms with E-state index in [2.05, 4.69) is 43.1 Å². The maximum absolute atomic E-state index is 4.41. The van der Waals surface area contributed by atoms with E-state index in [0.717, 1.165) is 12.3 Å². The maximum Gasteiger partial charge on any atom is 0.0406 e. The lowest BCUT2D eigenvalue weighted by Gasteiger charge is -2.13. The molecule has 1 aromatic rings. The van der Waals surface area contributed by atoms with Crippen molar-refractivity contribution in [1.82, 2.24) is 8.10 Å². The third-order valence-electron chi connectivity index (χ3n) is 3.02. The summed E-state index contributed by atoms with van der Waals surface area (Å²) in [6.07, 6.45) is 7.07. The average Bonchev–Trinajstić information content (AvgIpc) is 2.46. The third-order valence-corrected chi connectivity index (χ3v) is 3.98. The van der Waals surface area contributed by atoms with Gasteiger partial charge in [0.25, 0.3) is 0 Å². The Labute approximate surface area is 106 Å². The van der Waals surface area contributed by atoms with Crippen LogP contribution in [0.4, 0.5) is 0 Å². The van der Waals surface area contributed by atoms with Gasteiger partial charge in [0.2, 0.25) is 0 Å². The molecule has 1 aliphatic heterocycles. The van der Waals surface area contributed by atoms with Crippen LogP contribution < -0.4 is 0 Å². The molecule has 15 heavy (non-hydrogen) atoms. The second-order valence-corrected chi connectivity index (χ2v) is 5.60. The first-order valence-corrected chi connectivity index (χ1v) is 6.62. The molecule has 1 unspecified atom stereocenters. The van der Waals surface area contributed by atoms with Crippen LogP contribution in [0.5, 0.6) is 0 Å². The van der Waals surface area contributed by atoms with Crippen molar-refractivity contribution in [2.45, 2.75) is 25.7 Å². The van der Waals surface area contributed by atoms with Crippen molar-refractivity contribution >= 4 is 22.9 Å². The van der Waals surface area contributed by atoms with Gasteiger partial charge in [0.15, 0.2) is 0 Å². The quantitative estimate of drug-likeness (QED) is 0.616. The lowest BCUT2D eigenvalue weighted by atomic mass is 9.95. The molecular formula is C12H17IN2. The minimum atomic E-state index is 0.833. The van der Waals surface area contributed by atoms with Crippen molar-refractivity contribution < 1.29 is 0 Å². The number of hydrogen-bond acceptors (Lipinski definition) is 2. The maximum atomic E-state index is 4.41. The van der Waals surface area contributed by atoms with E-state index < -0.39 is 0 Å². The highest BCUT2D eigenvalue weighted by Gasteiger charge is 2.16. The summed E-state index contributed by atoms with van der Waals surface area (Å²) in [6, 6.07) is 6.22. The van der Waals surface area contributed by atoms with Crippen molar-refractivity contribution in [2.24, 2.45) is 5.92 Å². The topological polar surface area (TPSA) is 16.1 Å². The molecule has 1 aliphatic rings. The van der Waals surface area contributed by atoms with E-state index in [1.807, 2.05) is 12.3 Å². The molecule has 0 saturated carbocycles. The summed E-state index contributed by atoms with van der Waals surface area (Å²) in [5, 5.41) is 0. The van der Waals surface area contributed by atoms with E-state index in [4.69, 9.17) is 0 Å². The van der Waals surface area contributed by atoms with Crippen LogP contribution in [0, 0.1) is 5.92 Å². The fourth-order valence-corrected chi connectivity index (χ4v) is 2.77. The molecule has 2 nitrogen and oxygen atoms in total. The largest absolute Gasteiger partial charge is 0.261 e. The zero-order valence-corrected chi connectivity index (χ0v) is 11.1. The highest BCUT2D eigenvalue weighted by atomic mass is 127. The van der Waals surface area contributed by atoms with Crippen LogP contribution in [0.25, 0.3) is 0 Å². The van der Waals surface area contributed by atoms with Gasteiger partial charge in [-0.2, -0.15) is 0 Å². The predicted molar refractivity (Wildman–Crippen MR) is 70.9 cm³/mol. The molecule has 3 heteroatoms. The van der Waals surface area contributed by atoms with Crippen LogP contribution >= 0.6 is 22.9 Å². The van der Waals surface area contributed by atoms with Gasteiger partial charge in [-0.1, -0.05) is 6.07 Å². The van der Waals surface area contributed by atoms with Gasteiger partial charge in [0.05, 0.1) is 0 Å². The Morgan fingerprint density at radius 1 is 1.33 bits per heavy atom. The monoisotopic (exact) mass is 316 g/mol. The Morgan fingerprint density at radius 3 is 3.07 bits per heavy atom. The molecule has 0 radical (unpaired) electrons. The second-order valence-electron chi connectivity index (χ2n) is 4.23. The molecular weight excluding hydrogens is 299 g/mol. The summed E-state index contributed by atoms with van der Waals surface area (Å²) >= 11 is 2.44. The zero-order chi connectivity index (χ0) is 10.5. The van der Waals surface area contributed by atoms with E-state index in [1.165, 1.54) is 38.0 Å². The molecule has 0 N–H and O–H groups in total. The number of pyridine rings is 1. The van der Waals surface area contributed by atoms with Gasteiger partial charge < -0.3 is 0 Å². The van der Waals surface area contributed by atoms with Crippen LogP contribution in [0.1, 0.15) is 25.0 Å². The van der Waals surface area contributed by atoms with Crippen molar-refractivity contribution in [2.75, 3.05) is 13.1 Å². The molecule has 1 aromatic heterocycles. The van der Waals surface area contributed by atoms with Gasteiger partial charge in [-0.25, -0.2) is 3.11 Å². The van der Waals surface area contributed by atoms with E-state index in [1.54, 1.807) is 0 Å². The van der Waals surface area contributed by atoms with Crippen molar-refractivity contribution in [3.63, 3.8) is 0 Å². The van der Waals surface area contributed by atoms with Crippen LogP contribution in [0.3, 0.4) is 0 Å². The van der Waals surface area contributed by atoms with Gasteiger partial charge >= 0.3 is 0 Å². The Balaban J connectivity index is 1.89.